The molecule has 0 aliphatic carbocycles. The zero-order valence-electron chi connectivity index (χ0n) is 7.76. The normalized spacial score (nSPS) is 27.8. The Balaban J connectivity index is 3.00. The van der Waals surface area contributed by atoms with E-state index in [1.807, 2.05) is 20.8 Å². The summed E-state index contributed by atoms with van der Waals surface area (Å²) in [5.41, 5.74) is 0.210. The highest BCUT2D eigenvalue weighted by Gasteiger charge is 2.33. The topological polar surface area (TPSA) is 48.5 Å². The lowest BCUT2D eigenvalue weighted by Gasteiger charge is -2.11. The molecule has 1 aliphatic rings. The van der Waals surface area contributed by atoms with Gasteiger partial charge in [0.2, 0.25) is 0 Å². The molecule has 3 nitrogen and oxygen atoms in total. The maximum Gasteiger partial charge on any atom is 0.183 e. The Labute approximate surface area is 72.8 Å². The van der Waals surface area contributed by atoms with Crippen molar-refractivity contribution in [2.45, 2.75) is 39.2 Å². The highest BCUT2D eigenvalue weighted by atomic mass is 15.1. The van der Waals surface area contributed by atoms with Gasteiger partial charge in [0, 0.05) is 6.42 Å². The molecule has 0 bridgehead atoms. The minimum atomic E-state index is -0.680. The molecule has 0 N–H and O–H groups in total. The number of nitrogens with zero attached hydrogens (tertiary/aromatic N) is 3. The van der Waals surface area contributed by atoms with Gasteiger partial charge in [-0.3, -0.25) is 0 Å². The second-order valence-electron chi connectivity index (χ2n) is 2.98. The fourth-order valence-electron chi connectivity index (χ4n) is 1.28. The van der Waals surface area contributed by atoms with Crippen molar-refractivity contribution < 1.29 is 0 Å². The summed E-state index contributed by atoms with van der Waals surface area (Å²) in [4.78, 5) is 8.55. The van der Waals surface area contributed by atoms with Crippen LogP contribution in [0, 0.1) is 11.3 Å². The van der Waals surface area contributed by atoms with Gasteiger partial charge in [-0.2, -0.15) is 5.26 Å². The highest BCUT2D eigenvalue weighted by Crippen LogP contribution is 2.21. The smallest absolute Gasteiger partial charge is 0.183 e. The average molecular weight is 163 g/mol. The van der Waals surface area contributed by atoms with Crippen LogP contribution in [0.15, 0.2) is 9.98 Å². The molecule has 0 aromatic carbocycles. The van der Waals surface area contributed by atoms with Crippen molar-refractivity contribution in [1.29, 1.82) is 5.26 Å². The van der Waals surface area contributed by atoms with E-state index in [4.69, 9.17) is 5.26 Å². The van der Waals surface area contributed by atoms with Crippen LogP contribution in [0.2, 0.25) is 0 Å². The molecule has 0 spiro atoms. The highest BCUT2D eigenvalue weighted by molar-refractivity contribution is 6.09. The van der Waals surface area contributed by atoms with Crippen molar-refractivity contribution in [1.82, 2.24) is 0 Å². The summed E-state index contributed by atoms with van der Waals surface area (Å²) < 4.78 is 0. The summed E-state index contributed by atoms with van der Waals surface area (Å²) in [6.07, 6.45) is 1.61. The molecule has 1 aliphatic heterocycles. The number of hydrogen-bond acceptors (Lipinski definition) is 3. The van der Waals surface area contributed by atoms with Gasteiger partial charge in [-0.25, -0.2) is 9.98 Å². The molecule has 0 saturated carbocycles. The minimum absolute atomic E-state index is 0.680. The van der Waals surface area contributed by atoms with Crippen molar-refractivity contribution in [3.63, 3.8) is 0 Å². The van der Waals surface area contributed by atoms with Crippen LogP contribution < -0.4 is 0 Å². The van der Waals surface area contributed by atoms with Crippen molar-refractivity contribution in [2.24, 2.45) is 9.98 Å². The van der Waals surface area contributed by atoms with Crippen LogP contribution in [0.5, 0.6) is 0 Å². The van der Waals surface area contributed by atoms with E-state index >= 15 is 0 Å². The molecule has 0 aromatic heterocycles. The molecule has 1 atom stereocenters. The Morgan fingerprint density at radius 3 is 2.42 bits per heavy atom. The van der Waals surface area contributed by atoms with E-state index in [9.17, 15) is 0 Å². The van der Waals surface area contributed by atoms with Gasteiger partial charge in [-0.1, -0.05) is 13.8 Å². The lowest BCUT2D eigenvalue weighted by atomic mass is 9.97. The monoisotopic (exact) mass is 163 g/mol. The summed E-state index contributed by atoms with van der Waals surface area (Å²) in [6, 6.07) is 2.19. The molecule has 1 unspecified atom stereocenters. The third-order valence-electron chi connectivity index (χ3n) is 2.05. The summed E-state index contributed by atoms with van der Waals surface area (Å²) >= 11 is 0. The molecule has 3 heteroatoms. The Morgan fingerprint density at radius 1 is 1.42 bits per heavy atom. The van der Waals surface area contributed by atoms with E-state index in [2.05, 4.69) is 16.1 Å². The predicted molar refractivity (Wildman–Crippen MR) is 49.5 cm³/mol. The molecule has 1 heterocycles. The van der Waals surface area contributed by atoms with Crippen molar-refractivity contribution in [3.05, 3.63) is 0 Å². The van der Waals surface area contributed by atoms with Gasteiger partial charge in [0.05, 0.1) is 11.8 Å². The lowest BCUT2D eigenvalue weighted by molar-refractivity contribution is 0.798. The number of amidine groups is 1. The standard InChI is InChI=1S/C9H13N3/c1-4-7-9(3,6-10)12-8(5-2)11-7/h4-5H2,1-3H3. The first-order valence-electron chi connectivity index (χ1n) is 4.24. The van der Waals surface area contributed by atoms with Crippen LogP contribution >= 0.6 is 0 Å². The maximum absolute atomic E-state index is 8.90. The van der Waals surface area contributed by atoms with E-state index in [1.165, 1.54) is 0 Å². The van der Waals surface area contributed by atoms with Gasteiger partial charge in [0.15, 0.2) is 5.54 Å². The fraction of sp³-hybridized carbons (Fsp3) is 0.667. The largest absolute Gasteiger partial charge is 0.243 e. The molecule has 12 heavy (non-hydrogen) atoms. The second kappa shape index (κ2) is 3.06. The molecular formula is C9H13N3. The summed E-state index contributed by atoms with van der Waals surface area (Å²) in [5.74, 6) is 0.802. The minimum Gasteiger partial charge on any atom is -0.243 e. The molecule has 0 aromatic rings. The SMILES string of the molecule is CCC1=NC(C)(C#N)C(CC)=N1. The quantitative estimate of drug-likeness (QED) is 0.613. The third kappa shape index (κ3) is 1.25. The first-order valence-corrected chi connectivity index (χ1v) is 4.24. The fourth-order valence-corrected chi connectivity index (χ4v) is 1.28. The molecule has 64 valence electrons. The average Bonchev–Trinajstić information content (AvgIpc) is 2.43. The van der Waals surface area contributed by atoms with Gasteiger partial charge in [-0.15, -0.1) is 0 Å². The predicted octanol–water partition coefficient (Wildman–Crippen LogP) is 1.94. The molecular weight excluding hydrogens is 150 g/mol. The van der Waals surface area contributed by atoms with Crippen LogP contribution in [0.1, 0.15) is 33.6 Å². The van der Waals surface area contributed by atoms with Gasteiger partial charge in [-0.05, 0) is 13.3 Å². The summed E-state index contributed by atoms with van der Waals surface area (Å²) in [7, 11) is 0. The lowest BCUT2D eigenvalue weighted by Crippen LogP contribution is -2.27. The van der Waals surface area contributed by atoms with Gasteiger partial charge >= 0.3 is 0 Å². The van der Waals surface area contributed by atoms with Gasteiger partial charge in [0.25, 0.3) is 0 Å². The van der Waals surface area contributed by atoms with Gasteiger partial charge in [0.1, 0.15) is 5.84 Å². The molecule has 0 fully saturated rings. The van der Waals surface area contributed by atoms with Crippen LogP contribution in [-0.2, 0) is 0 Å². The van der Waals surface area contributed by atoms with E-state index in [0.717, 1.165) is 24.4 Å². The third-order valence-corrected chi connectivity index (χ3v) is 2.05. The van der Waals surface area contributed by atoms with Crippen LogP contribution in [0.4, 0.5) is 0 Å². The molecule has 0 amide bonds. The Morgan fingerprint density at radius 2 is 2.08 bits per heavy atom. The van der Waals surface area contributed by atoms with Crippen molar-refractivity contribution in [2.75, 3.05) is 0 Å². The molecule has 0 radical (unpaired) electrons. The Bertz CT molecular complexity index is 283. The van der Waals surface area contributed by atoms with E-state index in [0.29, 0.717) is 0 Å². The van der Waals surface area contributed by atoms with E-state index in [-0.39, 0.29) is 0 Å². The van der Waals surface area contributed by atoms with Crippen LogP contribution in [0.25, 0.3) is 0 Å². The van der Waals surface area contributed by atoms with E-state index < -0.39 is 5.54 Å². The molecule has 1 rings (SSSR count). The Hall–Kier alpha value is -1.17. The maximum atomic E-state index is 8.90. The van der Waals surface area contributed by atoms with Gasteiger partial charge < -0.3 is 0 Å². The number of hydrogen-bond donors (Lipinski definition) is 0. The zero-order chi connectivity index (χ0) is 9.19. The number of aliphatic imine (C=N–C) groups is 2. The Kier molecular flexibility index (Phi) is 2.27. The van der Waals surface area contributed by atoms with Crippen LogP contribution in [0.3, 0.4) is 0 Å². The van der Waals surface area contributed by atoms with Crippen molar-refractivity contribution >= 4 is 11.5 Å². The first-order chi connectivity index (χ1) is 5.66. The second-order valence-corrected chi connectivity index (χ2v) is 2.98. The van der Waals surface area contributed by atoms with Crippen LogP contribution in [-0.4, -0.2) is 17.1 Å². The van der Waals surface area contributed by atoms with E-state index in [1.54, 1.807) is 0 Å². The summed E-state index contributed by atoms with van der Waals surface area (Å²) in [5, 5.41) is 8.90. The number of nitriles is 1. The summed E-state index contributed by atoms with van der Waals surface area (Å²) in [6.45, 7) is 5.82. The zero-order valence-corrected chi connectivity index (χ0v) is 7.76. The first kappa shape index (κ1) is 8.92. The molecule has 0 saturated heterocycles. The number of rotatable bonds is 2. The van der Waals surface area contributed by atoms with Crippen molar-refractivity contribution in [3.8, 4) is 6.07 Å².